The first kappa shape index (κ1) is 15.6. The van der Waals surface area contributed by atoms with E-state index in [2.05, 4.69) is 4.90 Å². The van der Waals surface area contributed by atoms with Crippen molar-refractivity contribution in [3.63, 3.8) is 0 Å². The van der Waals surface area contributed by atoms with Gasteiger partial charge in [-0.05, 0) is 38.5 Å². The zero-order chi connectivity index (χ0) is 15.2. The predicted molar refractivity (Wildman–Crippen MR) is 78.4 cm³/mol. The van der Waals surface area contributed by atoms with Crippen molar-refractivity contribution in [3.8, 4) is 0 Å². The highest BCUT2D eigenvalue weighted by Gasteiger charge is 2.30. The number of hydrogen-bond donors (Lipinski definition) is 0. The van der Waals surface area contributed by atoms with Crippen LogP contribution >= 0.6 is 0 Å². The van der Waals surface area contributed by atoms with Gasteiger partial charge in [0.15, 0.2) is 0 Å². The van der Waals surface area contributed by atoms with Crippen LogP contribution in [0.1, 0.15) is 38.5 Å². The van der Waals surface area contributed by atoms with Gasteiger partial charge in [-0.1, -0.05) is 6.08 Å². The minimum atomic E-state index is -0.464. The Morgan fingerprint density at radius 3 is 2.29 bits per heavy atom. The van der Waals surface area contributed by atoms with Crippen LogP contribution in [0, 0.1) is 0 Å². The first-order valence-corrected chi connectivity index (χ1v) is 7.54. The normalized spacial score (nSPS) is 19.7. The van der Waals surface area contributed by atoms with Crippen LogP contribution in [0.15, 0.2) is 22.9 Å². The van der Waals surface area contributed by atoms with Crippen LogP contribution in [-0.2, 0) is 19.1 Å². The number of likely N-dealkylation sites (tertiary alicyclic amines) is 1. The van der Waals surface area contributed by atoms with E-state index >= 15 is 0 Å². The molecular weight excluding hydrogens is 270 g/mol. The van der Waals surface area contributed by atoms with Crippen molar-refractivity contribution in [2.75, 3.05) is 27.3 Å². The smallest absolute Gasteiger partial charge is 0.340 e. The lowest BCUT2D eigenvalue weighted by Crippen LogP contribution is -2.26. The molecule has 0 amide bonds. The molecule has 116 valence electrons. The van der Waals surface area contributed by atoms with Crippen molar-refractivity contribution in [2.45, 2.75) is 38.5 Å². The zero-order valence-corrected chi connectivity index (χ0v) is 12.8. The molecule has 0 bridgehead atoms. The zero-order valence-electron chi connectivity index (χ0n) is 12.8. The van der Waals surface area contributed by atoms with Crippen molar-refractivity contribution >= 4 is 11.9 Å². The van der Waals surface area contributed by atoms with Gasteiger partial charge in [-0.25, -0.2) is 9.59 Å². The molecule has 0 saturated carbocycles. The third-order valence-corrected chi connectivity index (χ3v) is 4.06. The minimum Gasteiger partial charge on any atom is -0.465 e. The van der Waals surface area contributed by atoms with Crippen LogP contribution in [0.4, 0.5) is 0 Å². The molecule has 0 aromatic heterocycles. The first-order valence-electron chi connectivity index (χ1n) is 7.54. The highest BCUT2D eigenvalue weighted by atomic mass is 16.5. The Hall–Kier alpha value is -1.78. The van der Waals surface area contributed by atoms with Gasteiger partial charge >= 0.3 is 11.9 Å². The first-order chi connectivity index (χ1) is 10.2. The van der Waals surface area contributed by atoms with E-state index in [1.807, 2.05) is 6.08 Å². The summed E-state index contributed by atoms with van der Waals surface area (Å²) in [4.78, 5) is 26.6. The van der Waals surface area contributed by atoms with Crippen LogP contribution in [-0.4, -0.2) is 44.1 Å². The second-order valence-electron chi connectivity index (χ2n) is 5.36. The van der Waals surface area contributed by atoms with Gasteiger partial charge in [-0.3, -0.25) is 0 Å². The standard InChI is InChI=1S/C16H23NO4/c1-20-15(18)12-8-4-3-5-9-13(14(12)16(19)21-2)17-10-6-7-11-17/h8H,3-7,9-11H2,1-2H3. The molecular formula is C16H23NO4. The summed E-state index contributed by atoms with van der Waals surface area (Å²) < 4.78 is 9.78. The Morgan fingerprint density at radius 2 is 1.67 bits per heavy atom. The van der Waals surface area contributed by atoms with E-state index < -0.39 is 11.9 Å². The van der Waals surface area contributed by atoms with Gasteiger partial charge < -0.3 is 14.4 Å². The Balaban J connectivity index is 2.50. The van der Waals surface area contributed by atoms with Gasteiger partial charge in [-0.2, -0.15) is 0 Å². The Labute approximate surface area is 125 Å². The molecule has 0 atom stereocenters. The number of carbonyl (C=O) groups is 2. The molecule has 2 aliphatic rings. The van der Waals surface area contributed by atoms with Crippen molar-refractivity contribution < 1.29 is 19.1 Å². The SMILES string of the molecule is COC(=O)C1=CCCCCC(N2CCCC2)=C1C(=O)OC. The van der Waals surface area contributed by atoms with Crippen molar-refractivity contribution in [2.24, 2.45) is 0 Å². The lowest BCUT2D eigenvalue weighted by atomic mass is 9.95. The minimum absolute atomic E-state index is 0.353. The maximum atomic E-state index is 12.3. The van der Waals surface area contributed by atoms with Crippen LogP contribution in [0.5, 0.6) is 0 Å². The average molecular weight is 293 g/mol. The van der Waals surface area contributed by atoms with E-state index in [0.717, 1.165) is 57.3 Å². The summed E-state index contributed by atoms with van der Waals surface area (Å²) in [5.74, 6) is -0.913. The van der Waals surface area contributed by atoms with Crippen LogP contribution in [0.25, 0.3) is 0 Å². The third-order valence-electron chi connectivity index (χ3n) is 4.06. The number of rotatable bonds is 3. The number of esters is 2. The lowest BCUT2D eigenvalue weighted by molar-refractivity contribution is -0.139. The maximum absolute atomic E-state index is 12.3. The average Bonchev–Trinajstić information content (AvgIpc) is 3.00. The van der Waals surface area contributed by atoms with Crippen molar-refractivity contribution in [3.05, 3.63) is 22.9 Å². The van der Waals surface area contributed by atoms with Gasteiger partial charge in [0, 0.05) is 18.8 Å². The quantitative estimate of drug-likeness (QED) is 0.747. The highest BCUT2D eigenvalue weighted by molar-refractivity contribution is 6.07. The fourth-order valence-corrected chi connectivity index (χ4v) is 2.99. The second-order valence-corrected chi connectivity index (χ2v) is 5.36. The van der Waals surface area contributed by atoms with Crippen molar-refractivity contribution in [1.29, 1.82) is 0 Å². The summed E-state index contributed by atoms with van der Waals surface area (Å²) in [7, 11) is 2.69. The van der Waals surface area contributed by atoms with E-state index in [0.29, 0.717) is 11.1 Å². The maximum Gasteiger partial charge on any atom is 0.340 e. The topological polar surface area (TPSA) is 55.8 Å². The second kappa shape index (κ2) is 7.29. The number of methoxy groups -OCH3 is 2. The number of hydrogen-bond acceptors (Lipinski definition) is 5. The van der Waals surface area contributed by atoms with Gasteiger partial charge in [0.25, 0.3) is 0 Å². The monoisotopic (exact) mass is 293 g/mol. The molecule has 1 fully saturated rings. The number of carbonyl (C=O) groups excluding carboxylic acids is 2. The van der Waals surface area contributed by atoms with E-state index in [9.17, 15) is 9.59 Å². The largest absolute Gasteiger partial charge is 0.465 e. The number of nitrogens with zero attached hydrogens (tertiary/aromatic N) is 1. The molecule has 1 aliphatic heterocycles. The highest BCUT2D eigenvalue weighted by Crippen LogP contribution is 2.30. The van der Waals surface area contributed by atoms with E-state index in [-0.39, 0.29) is 0 Å². The van der Waals surface area contributed by atoms with E-state index in [1.54, 1.807) is 0 Å². The molecule has 0 aromatic carbocycles. The van der Waals surface area contributed by atoms with E-state index in [4.69, 9.17) is 9.47 Å². The van der Waals surface area contributed by atoms with Gasteiger partial charge in [-0.15, -0.1) is 0 Å². The Bertz CT molecular complexity index is 473. The molecule has 2 rings (SSSR count). The summed E-state index contributed by atoms with van der Waals surface area (Å²) in [6.07, 6.45) is 7.65. The number of ether oxygens (including phenoxy) is 2. The molecule has 0 unspecified atom stereocenters. The molecule has 0 spiro atoms. The third kappa shape index (κ3) is 3.46. The molecule has 1 heterocycles. The predicted octanol–water partition coefficient (Wildman–Crippen LogP) is 2.18. The summed E-state index contributed by atoms with van der Waals surface area (Å²) in [5.41, 5.74) is 1.69. The summed E-state index contributed by atoms with van der Waals surface area (Å²) in [6.45, 7) is 1.87. The summed E-state index contributed by atoms with van der Waals surface area (Å²) in [6, 6.07) is 0. The molecule has 5 heteroatoms. The molecule has 0 N–H and O–H groups in total. The number of allylic oxidation sites excluding steroid dienone is 2. The fraction of sp³-hybridized carbons (Fsp3) is 0.625. The Morgan fingerprint density at radius 1 is 1.00 bits per heavy atom. The molecule has 1 aliphatic carbocycles. The Kier molecular flexibility index (Phi) is 5.42. The molecule has 21 heavy (non-hydrogen) atoms. The van der Waals surface area contributed by atoms with Crippen LogP contribution < -0.4 is 0 Å². The van der Waals surface area contributed by atoms with Crippen molar-refractivity contribution in [1.82, 2.24) is 4.90 Å². The van der Waals surface area contributed by atoms with Crippen LogP contribution in [0.3, 0.4) is 0 Å². The molecule has 1 saturated heterocycles. The molecule has 0 aromatic rings. The van der Waals surface area contributed by atoms with Gasteiger partial charge in [0.05, 0.1) is 25.4 Å². The van der Waals surface area contributed by atoms with Crippen LogP contribution in [0.2, 0.25) is 0 Å². The van der Waals surface area contributed by atoms with E-state index in [1.165, 1.54) is 14.2 Å². The van der Waals surface area contributed by atoms with Gasteiger partial charge in [0.2, 0.25) is 0 Å². The fourth-order valence-electron chi connectivity index (χ4n) is 2.99. The lowest BCUT2D eigenvalue weighted by Gasteiger charge is -2.26. The molecule has 5 nitrogen and oxygen atoms in total. The summed E-state index contributed by atoms with van der Waals surface area (Å²) in [5, 5.41) is 0. The summed E-state index contributed by atoms with van der Waals surface area (Å²) >= 11 is 0. The van der Waals surface area contributed by atoms with Gasteiger partial charge in [0.1, 0.15) is 0 Å². The molecule has 0 radical (unpaired) electrons.